The van der Waals surface area contributed by atoms with Crippen LogP contribution in [0.3, 0.4) is 0 Å². The summed E-state index contributed by atoms with van der Waals surface area (Å²) in [4.78, 5) is 11.0. The zero-order valence-corrected chi connectivity index (χ0v) is 13.0. The topological polar surface area (TPSA) is 57.8 Å². The summed E-state index contributed by atoms with van der Waals surface area (Å²) in [7, 11) is 0. The van der Waals surface area contributed by atoms with Gasteiger partial charge in [-0.2, -0.15) is 0 Å². The summed E-state index contributed by atoms with van der Waals surface area (Å²) in [5, 5.41) is 12.5. The maximum absolute atomic E-state index is 8.27. The van der Waals surface area contributed by atoms with Crippen LogP contribution in [0, 0.1) is 5.41 Å². The van der Waals surface area contributed by atoms with Crippen LogP contribution < -0.4 is 0 Å². The number of nitrogens with zero attached hydrogens (tertiary/aromatic N) is 4. The van der Waals surface area contributed by atoms with Crippen LogP contribution in [0.15, 0.2) is 36.1 Å². The number of fused-ring (bicyclic) bond motifs is 1. The minimum atomic E-state index is 0.569. The molecule has 3 aromatic heterocycles. The molecule has 4 rings (SSSR count). The number of thiazole rings is 1. The third kappa shape index (κ3) is 2.39. The highest BCUT2D eigenvalue weighted by molar-refractivity contribution is 7.09. The van der Waals surface area contributed by atoms with Crippen LogP contribution in [0.1, 0.15) is 23.5 Å². The van der Waals surface area contributed by atoms with Crippen LogP contribution in [0.2, 0.25) is 0 Å². The first-order valence-electron chi connectivity index (χ1n) is 7.48. The maximum atomic E-state index is 8.27. The van der Waals surface area contributed by atoms with Gasteiger partial charge in [0.25, 0.3) is 0 Å². The molecule has 0 atom stereocenters. The van der Waals surface area contributed by atoms with Crippen molar-refractivity contribution in [3.05, 3.63) is 46.8 Å². The van der Waals surface area contributed by atoms with E-state index in [-0.39, 0.29) is 0 Å². The second-order valence-electron chi connectivity index (χ2n) is 5.55. The minimum Gasteiger partial charge on any atom is -0.355 e. The van der Waals surface area contributed by atoms with Crippen LogP contribution in [-0.4, -0.2) is 38.4 Å². The fraction of sp³-hybridized carbons (Fsp3) is 0.312. The van der Waals surface area contributed by atoms with Gasteiger partial charge in [-0.25, -0.2) is 4.98 Å². The van der Waals surface area contributed by atoms with Gasteiger partial charge in [0.05, 0.1) is 18.3 Å². The number of aromatic nitrogens is 3. The predicted octanol–water partition coefficient (Wildman–Crippen LogP) is 2.96. The molecule has 0 saturated carbocycles. The predicted molar refractivity (Wildman–Crippen MR) is 88.6 cm³/mol. The number of hydrogen-bond donors (Lipinski definition) is 1. The van der Waals surface area contributed by atoms with Crippen molar-refractivity contribution in [2.24, 2.45) is 0 Å². The van der Waals surface area contributed by atoms with Crippen LogP contribution in [-0.2, 0) is 6.54 Å². The number of likely N-dealkylation sites (tertiary alicyclic amines) is 1. The Morgan fingerprint density at radius 3 is 3.00 bits per heavy atom. The fourth-order valence-corrected chi connectivity index (χ4v) is 3.68. The van der Waals surface area contributed by atoms with Crippen LogP contribution >= 0.6 is 11.3 Å². The summed E-state index contributed by atoms with van der Waals surface area (Å²) in [5.74, 6) is 0.569. The molecule has 0 aromatic carbocycles. The maximum Gasteiger partial charge on any atom is 0.147 e. The largest absolute Gasteiger partial charge is 0.355 e. The van der Waals surface area contributed by atoms with Gasteiger partial charge in [0.15, 0.2) is 0 Å². The summed E-state index contributed by atoms with van der Waals surface area (Å²) in [5.41, 5.74) is 1.92. The third-order valence-electron chi connectivity index (χ3n) is 4.10. The van der Waals surface area contributed by atoms with Crippen molar-refractivity contribution in [1.82, 2.24) is 19.4 Å². The van der Waals surface area contributed by atoms with Crippen molar-refractivity contribution >= 4 is 28.1 Å². The van der Waals surface area contributed by atoms with E-state index in [2.05, 4.69) is 31.7 Å². The Balaban J connectivity index is 1.55. The number of nitrogens with one attached hydrogen (secondary N) is 1. The quantitative estimate of drug-likeness (QED) is 0.597. The van der Waals surface area contributed by atoms with Gasteiger partial charge in [0.1, 0.15) is 16.5 Å². The first-order chi connectivity index (χ1) is 10.8. The number of rotatable bonds is 3. The van der Waals surface area contributed by atoms with Gasteiger partial charge in [0.2, 0.25) is 0 Å². The van der Waals surface area contributed by atoms with E-state index < -0.39 is 0 Å². The Bertz CT molecular complexity index is 813. The van der Waals surface area contributed by atoms with Gasteiger partial charge in [0, 0.05) is 36.2 Å². The molecule has 1 aliphatic heterocycles. The molecule has 5 nitrogen and oxygen atoms in total. The molecule has 0 amide bonds. The van der Waals surface area contributed by atoms with Crippen LogP contribution in [0.5, 0.6) is 0 Å². The van der Waals surface area contributed by atoms with E-state index in [0.717, 1.165) is 35.9 Å². The summed E-state index contributed by atoms with van der Waals surface area (Å²) in [6.45, 7) is 2.70. The second kappa shape index (κ2) is 5.53. The second-order valence-corrected chi connectivity index (χ2v) is 6.49. The molecule has 4 heterocycles. The lowest BCUT2D eigenvalue weighted by atomic mass is 10.3. The van der Waals surface area contributed by atoms with Gasteiger partial charge >= 0.3 is 0 Å². The molecule has 1 N–H and O–H groups in total. The average Bonchev–Trinajstić information content (AvgIpc) is 3.28. The summed E-state index contributed by atoms with van der Waals surface area (Å²) in [6.07, 6.45) is 8.13. The van der Waals surface area contributed by atoms with Gasteiger partial charge in [-0.3, -0.25) is 10.4 Å². The molecule has 1 fully saturated rings. The number of amidine groups is 1. The molecule has 0 spiro atoms. The van der Waals surface area contributed by atoms with Crippen molar-refractivity contribution in [1.29, 1.82) is 5.41 Å². The Kier molecular flexibility index (Phi) is 3.38. The molecule has 0 aliphatic carbocycles. The van der Waals surface area contributed by atoms with Crippen molar-refractivity contribution in [2.75, 3.05) is 13.1 Å². The van der Waals surface area contributed by atoms with E-state index in [4.69, 9.17) is 5.41 Å². The highest BCUT2D eigenvalue weighted by Crippen LogP contribution is 2.19. The summed E-state index contributed by atoms with van der Waals surface area (Å²) >= 11 is 1.62. The molecule has 0 unspecified atom stereocenters. The van der Waals surface area contributed by atoms with Gasteiger partial charge in [-0.15, -0.1) is 11.3 Å². The number of pyridine rings is 1. The van der Waals surface area contributed by atoms with E-state index in [0.29, 0.717) is 5.84 Å². The van der Waals surface area contributed by atoms with Crippen LogP contribution in [0.4, 0.5) is 0 Å². The Morgan fingerprint density at radius 2 is 2.14 bits per heavy atom. The van der Waals surface area contributed by atoms with E-state index in [1.165, 1.54) is 18.2 Å². The SMILES string of the molecule is N=C(c1csc(Cn2ccc3ccncc32)n1)N1CCCC1. The lowest BCUT2D eigenvalue weighted by Crippen LogP contribution is -2.27. The first kappa shape index (κ1) is 13.5. The van der Waals surface area contributed by atoms with Gasteiger partial charge in [-0.05, 0) is 25.0 Å². The lowest BCUT2D eigenvalue weighted by molar-refractivity contribution is 0.515. The molecule has 0 radical (unpaired) electrons. The third-order valence-corrected chi connectivity index (χ3v) is 4.93. The molecular formula is C16H17N5S. The van der Waals surface area contributed by atoms with Crippen LogP contribution in [0.25, 0.3) is 10.9 Å². The molecule has 6 heteroatoms. The Labute approximate surface area is 132 Å². The minimum absolute atomic E-state index is 0.569. The normalized spacial score (nSPS) is 14.8. The zero-order chi connectivity index (χ0) is 14.9. The van der Waals surface area contributed by atoms with Crippen molar-refractivity contribution in [3.8, 4) is 0 Å². The standard InChI is InChI=1S/C16H17N5S/c17-16(20-6-1-2-7-20)13-11-22-15(19-13)10-21-8-4-12-3-5-18-9-14(12)21/h3-5,8-9,11,17H,1-2,6-7,10H2. The van der Waals surface area contributed by atoms with Crippen molar-refractivity contribution in [2.45, 2.75) is 19.4 Å². The van der Waals surface area contributed by atoms with Gasteiger partial charge < -0.3 is 9.47 Å². The molecule has 0 bridgehead atoms. The Morgan fingerprint density at radius 1 is 1.27 bits per heavy atom. The highest BCUT2D eigenvalue weighted by Gasteiger charge is 2.18. The molecule has 3 aromatic rings. The first-order valence-corrected chi connectivity index (χ1v) is 8.36. The molecule has 112 valence electrons. The molecule has 1 saturated heterocycles. The number of hydrogen-bond acceptors (Lipinski definition) is 4. The van der Waals surface area contributed by atoms with Gasteiger partial charge in [-0.1, -0.05) is 0 Å². The summed E-state index contributed by atoms with van der Waals surface area (Å²) < 4.78 is 2.16. The lowest BCUT2D eigenvalue weighted by Gasteiger charge is -2.16. The van der Waals surface area contributed by atoms with E-state index >= 15 is 0 Å². The highest BCUT2D eigenvalue weighted by atomic mass is 32.1. The van der Waals surface area contributed by atoms with E-state index in [1.54, 1.807) is 11.3 Å². The summed E-state index contributed by atoms with van der Waals surface area (Å²) in [6, 6.07) is 4.11. The molecule has 22 heavy (non-hydrogen) atoms. The van der Waals surface area contributed by atoms with E-state index in [1.807, 2.05) is 23.8 Å². The Hall–Kier alpha value is -2.21. The monoisotopic (exact) mass is 311 g/mol. The average molecular weight is 311 g/mol. The molecular weight excluding hydrogens is 294 g/mol. The fourth-order valence-electron chi connectivity index (χ4n) is 2.91. The van der Waals surface area contributed by atoms with E-state index in [9.17, 15) is 0 Å². The van der Waals surface area contributed by atoms with Crippen molar-refractivity contribution in [3.63, 3.8) is 0 Å². The van der Waals surface area contributed by atoms with Crippen molar-refractivity contribution < 1.29 is 0 Å². The zero-order valence-electron chi connectivity index (χ0n) is 12.2. The molecule has 1 aliphatic rings. The smallest absolute Gasteiger partial charge is 0.147 e.